The lowest BCUT2D eigenvalue weighted by molar-refractivity contribution is -0.113. The summed E-state index contributed by atoms with van der Waals surface area (Å²) < 4.78 is 0. The second-order valence-corrected chi connectivity index (χ2v) is 7.35. The van der Waals surface area contributed by atoms with E-state index in [2.05, 4.69) is 42.7 Å². The van der Waals surface area contributed by atoms with Crippen molar-refractivity contribution < 1.29 is 9.59 Å². The molecule has 0 aliphatic carbocycles. The smallest absolute Gasteiger partial charge is 0.251 e. The molecule has 25 heavy (non-hydrogen) atoms. The Morgan fingerprint density at radius 2 is 2.04 bits per heavy atom. The van der Waals surface area contributed by atoms with Gasteiger partial charge >= 0.3 is 0 Å². The lowest BCUT2D eigenvalue weighted by Crippen LogP contribution is -2.25. The van der Waals surface area contributed by atoms with E-state index >= 15 is 0 Å². The highest BCUT2D eigenvalue weighted by atomic mass is 32.2. The van der Waals surface area contributed by atoms with Crippen molar-refractivity contribution >= 4 is 29.3 Å². The number of amides is 2. The van der Waals surface area contributed by atoms with Crippen LogP contribution in [0, 0.1) is 13.8 Å². The molecule has 3 rings (SSSR count). The van der Waals surface area contributed by atoms with Crippen LogP contribution in [0.2, 0.25) is 0 Å². The molecule has 2 amide bonds. The number of hydrogen-bond acceptors (Lipinski definition) is 3. The van der Waals surface area contributed by atoms with Crippen LogP contribution in [-0.2, 0) is 11.2 Å². The van der Waals surface area contributed by atoms with Gasteiger partial charge in [0.2, 0.25) is 5.91 Å². The Bertz CT molecular complexity index is 817. The van der Waals surface area contributed by atoms with Gasteiger partial charge in [0.05, 0.1) is 11.4 Å². The van der Waals surface area contributed by atoms with Gasteiger partial charge in [0.15, 0.2) is 0 Å². The first kappa shape index (κ1) is 17.5. The minimum absolute atomic E-state index is 0.0245. The molecule has 0 aromatic heterocycles. The van der Waals surface area contributed by atoms with Gasteiger partial charge in [-0.15, -0.1) is 11.8 Å². The van der Waals surface area contributed by atoms with Crippen LogP contribution in [0.1, 0.15) is 33.5 Å². The summed E-state index contributed by atoms with van der Waals surface area (Å²) in [5.74, 6) is 0.300. The van der Waals surface area contributed by atoms with E-state index in [0.717, 1.165) is 23.4 Å². The molecule has 0 radical (unpaired) electrons. The summed E-state index contributed by atoms with van der Waals surface area (Å²) in [4.78, 5) is 24.8. The highest BCUT2D eigenvalue weighted by Crippen LogP contribution is 2.31. The number of aryl methyl sites for hydroxylation is 3. The van der Waals surface area contributed by atoms with Crippen LogP contribution < -0.4 is 10.6 Å². The number of rotatable bonds is 5. The van der Waals surface area contributed by atoms with Crippen molar-refractivity contribution in [2.75, 3.05) is 17.6 Å². The number of nitrogens with one attached hydrogen (secondary N) is 2. The fourth-order valence-corrected chi connectivity index (χ4v) is 3.72. The van der Waals surface area contributed by atoms with E-state index in [-0.39, 0.29) is 11.8 Å². The molecule has 0 spiro atoms. The van der Waals surface area contributed by atoms with Crippen molar-refractivity contribution in [1.29, 1.82) is 0 Å². The minimum Gasteiger partial charge on any atom is -0.352 e. The molecule has 1 aliphatic heterocycles. The van der Waals surface area contributed by atoms with Gasteiger partial charge in [-0.1, -0.05) is 23.8 Å². The van der Waals surface area contributed by atoms with E-state index in [1.165, 1.54) is 28.5 Å². The first-order chi connectivity index (χ1) is 12.0. The zero-order valence-corrected chi connectivity index (χ0v) is 15.3. The summed E-state index contributed by atoms with van der Waals surface area (Å²) >= 11 is 1.49. The highest BCUT2D eigenvalue weighted by molar-refractivity contribution is 8.00. The number of fused-ring (bicyclic) bond motifs is 1. The third-order valence-corrected chi connectivity index (χ3v) is 5.35. The maximum atomic E-state index is 12.3. The molecule has 0 saturated carbocycles. The van der Waals surface area contributed by atoms with Gasteiger partial charge in [0.25, 0.3) is 5.91 Å². The fraction of sp³-hybridized carbons (Fsp3) is 0.300. The van der Waals surface area contributed by atoms with Gasteiger partial charge in [-0.2, -0.15) is 0 Å². The first-order valence-electron chi connectivity index (χ1n) is 8.44. The van der Waals surface area contributed by atoms with Gasteiger partial charge < -0.3 is 10.6 Å². The zero-order valence-electron chi connectivity index (χ0n) is 14.5. The predicted molar refractivity (Wildman–Crippen MR) is 102 cm³/mol. The summed E-state index contributed by atoms with van der Waals surface area (Å²) in [6.45, 7) is 4.85. The monoisotopic (exact) mass is 354 g/mol. The molecule has 0 saturated heterocycles. The Morgan fingerprint density at radius 1 is 1.20 bits per heavy atom. The SMILES string of the molecule is Cc1ccc(CCCNC(=O)c2ccc3c(c2)NC(=O)CS3)c(C)c1. The molecule has 4 nitrogen and oxygen atoms in total. The second kappa shape index (κ2) is 7.74. The van der Waals surface area contributed by atoms with Gasteiger partial charge in [-0.3, -0.25) is 9.59 Å². The summed E-state index contributed by atoms with van der Waals surface area (Å²) in [5.41, 5.74) is 5.20. The fourth-order valence-electron chi connectivity index (χ4n) is 2.93. The van der Waals surface area contributed by atoms with Crippen molar-refractivity contribution in [3.8, 4) is 0 Å². The summed E-state index contributed by atoms with van der Waals surface area (Å²) in [5, 5.41) is 5.77. The third-order valence-electron chi connectivity index (χ3n) is 4.28. The Labute approximate surface area is 152 Å². The Morgan fingerprint density at radius 3 is 2.84 bits per heavy atom. The Hall–Kier alpha value is -2.27. The van der Waals surface area contributed by atoms with Crippen LogP contribution in [-0.4, -0.2) is 24.1 Å². The normalized spacial score (nSPS) is 13.1. The molecule has 2 aromatic carbocycles. The Balaban J connectivity index is 1.53. The van der Waals surface area contributed by atoms with Crippen molar-refractivity contribution in [2.24, 2.45) is 0 Å². The lowest BCUT2D eigenvalue weighted by atomic mass is 10.0. The summed E-state index contributed by atoms with van der Waals surface area (Å²) in [6, 6.07) is 11.9. The van der Waals surface area contributed by atoms with Crippen molar-refractivity contribution in [3.63, 3.8) is 0 Å². The molecule has 130 valence electrons. The van der Waals surface area contributed by atoms with Gasteiger partial charge in [-0.05, 0) is 56.0 Å². The molecule has 0 atom stereocenters. The molecule has 2 aromatic rings. The van der Waals surface area contributed by atoms with Crippen LogP contribution >= 0.6 is 11.8 Å². The second-order valence-electron chi connectivity index (χ2n) is 6.34. The molecule has 5 heteroatoms. The van der Waals surface area contributed by atoms with E-state index in [0.29, 0.717) is 17.9 Å². The number of thioether (sulfide) groups is 1. The van der Waals surface area contributed by atoms with Gasteiger partial charge in [0.1, 0.15) is 0 Å². The lowest BCUT2D eigenvalue weighted by Gasteiger charge is -2.17. The van der Waals surface area contributed by atoms with Crippen LogP contribution in [0.15, 0.2) is 41.3 Å². The molecular weight excluding hydrogens is 332 g/mol. The number of benzene rings is 2. The zero-order chi connectivity index (χ0) is 17.8. The van der Waals surface area contributed by atoms with Crippen LogP contribution in [0.4, 0.5) is 5.69 Å². The molecule has 1 heterocycles. The van der Waals surface area contributed by atoms with Crippen molar-refractivity contribution in [2.45, 2.75) is 31.6 Å². The molecule has 1 aliphatic rings. The van der Waals surface area contributed by atoms with Crippen LogP contribution in [0.5, 0.6) is 0 Å². The number of hydrogen-bond donors (Lipinski definition) is 2. The van der Waals surface area contributed by atoms with E-state index in [9.17, 15) is 9.59 Å². The van der Waals surface area contributed by atoms with Gasteiger partial charge in [0, 0.05) is 17.0 Å². The topological polar surface area (TPSA) is 58.2 Å². The van der Waals surface area contributed by atoms with Crippen LogP contribution in [0.25, 0.3) is 0 Å². The number of carbonyl (C=O) groups excluding carboxylic acids is 2. The highest BCUT2D eigenvalue weighted by Gasteiger charge is 2.17. The molecule has 0 fully saturated rings. The van der Waals surface area contributed by atoms with Crippen molar-refractivity contribution in [1.82, 2.24) is 5.32 Å². The van der Waals surface area contributed by atoms with Crippen LogP contribution in [0.3, 0.4) is 0 Å². The van der Waals surface area contributed by atoms with E-state index in [1.807, 2.05) is 12.1 Å². The largest absolute Gasteiger partial charge is 0.352 e. The summed E-state index contributed by atoms with van der Waals surface area (Å²) in [6.07, 6.45) is 1.84. The average molecular weight is 354 g/mol. The minimum atomic E-state index is -0.103. The first-order valence-corrected chi connectivity index (χ1v) is 9.42. The number of carbonyl (C=O) groups is 2. The quantitative estimate of drug-likeness (QED) is 0.805. The van der Waals surface area contributed by atoms with E-state index in [4.69, 9.17) is 0 Å². The average Bonchev–Trinajstić information content (AvgIpc) is 2.59. The van der Waals surface area contributed by atoms with E-state index < -0.39 is 0 Å². The molecular formula is C20H22N2O2S. The maximum absolute atomic E-state index is 12.3. The standard InChI is InChI=1S/C20H22N2O2S/c1-13-5-6-15(14(2)10-13)4-3-9-21-20(24)16-7-8-18-17(11-16)22-19(23)12-25-18/h5-8,10-11H,3-4,9,12H2,1-2H3,(H,21,24)(H,22,23). The third kappa shape index (κ3) is 4.42. The van der Waals surface area contributed by atoms with E-state index in [1.54, 1.807) is 6.07 Å². The Kier molecular flexibility index (Phi) is 5.43. The molecule has 2 N–H and O–H groups in total. The van der Waals surface area contributed by atoms with Gasteiger partial charge in [-0.25, -0.2) is 0 Å². The summed E-state index contributed by atoms with van der Waals surface area (Å²) in [7, 11) is 0. The molecule has 0 unspecified atom stereocenters. The number of anilines is 1. The van der Waals surface area contributed by atoms with Crippen molar-refractivity contribution in [3.05, 3.63) is 58.7 Å². The predicted octanol–water partition coefficient (Wildman–Crippen LogP) is 3.71. The molecule has 0 bridgehead atoms. The maximum Gasteiger partial charge on any atom is 0.251 e.